The molecule has 1 amide bonds. The van der Waals surface area contributed by atoms with Gasteiger partial charge in [0.2, 0.25) is 0 Å². The predicted molar refractivity (Wildman–Crippen MR) is 121 cm³/mol. The summed E-state index contributed by atoms with van der Waals surface area (Å²) in [6, 6.07) is 7.26. The second kappa shape index (κ2) is 9.53. The van der Waals surface area contributed by atoms with Crippen LogP contribution in [0.25, 0.3) is 10.2 Å². The van der Waals surface area contributed by atoms with Crippen LogP contribution in [0.15, 0.2) is 49.1 Å². The normalized spacial score (nSPS) is 10.8. The highest BCUT2D eigenvalue weighted by molar-refractivity contribution is 7.22. The molecule has 5 nitrogen and oxygen atoms in total. The summed E-state index contributed by atoms with van der Waals surface area (Å²) in [5.41, 5.74) is 3.09. The number of imidazole rings is 1. The van der Waals surface area contributed by atoms with E-state index in [0.717, 1.165) is 33.5 Å². The van der Waals surface area contributed by atoms with Gasteiger partial charge in [-0.1, -0.05) is 17.4 Å². The van der Waals surface area contributed by atoms with E-state index >= 15 is 0 Å². The third-order valence-electron chi connectivity index (χ3n) is 4.81. The molecule has 0 aliphatic heterocycles. The van der Waals surface area contributed by atoms with Crippen LogP contribution in [0.1, 0.15) is 27.9 Å². The van der Waals surface area contributed by atoms with Crippen molar-refractivity contribution in [3.63, 3.8) is 0 Å². The van der Waals surface area contributed by atoms with Gasteiger partial charge in [0.1, 0.15) is 0 Å². The van der Waals surface area contributed by atoms with Gasteiger partial charge < -0.3 is 4.57 Å². The molecule has 0 spiro atoms. The van der Waals surface area contributed by atoms with Crippen molar-refractivity contribution in [2.75, 3.05) is 11.4 Å². The van der Waals surface area contributed by atoms with E-state index in [1.54, 1.807) is 17.4 Å². The van der Waals surface area contributed by atoms with Crippen LogP contribution < -0.4 is 4.90 Å². The van der Waals surface area contributed by atoms with Crippen molar-refractivity contribution in [1.29, 1.82) is 0 Å². The summed E-state index contributed by atoms with van der Waals surface area (Å²) in [5, 5.41) is 0.541. The average molecular weight is 463 g/mol. The van der Waals surface area contributed by atoms with Gasteiger partial charge in [0.15, 0.2) is 16.8 Å². The highest BCUT2D eigenvalue weighted by Crippen LogP contribution is 2.33. The van der Waals surface area contributed by atoms with Gasteiger partial charge in [-0.25, -0.2) is 18.7 Å². The molecule has 0 unspecified atom stereocenters. The largest absolute Gasteiger partial charge is 0.337 e. The van der Waals surface area contributed by atoms with Gasteiger partial charge in [0.25, 0.3) is 5.91 Å². The smallest absolute Gasteiger partial charge is 0.260 e. The molecule has 2 heterocycles. The van der Waals surface area contributed by atoms with E-state index in [-0.39, 0.29) is 18.0 Å². The molecule has 0 bridgehead atoms. The first-order valence-corrected chi connectivity index (χ1v) is 10.3. The lowest BCUT2D eigenvalue weighted by atomic mass is 10.1. The van der Waals surface area contributed by atoms with Crippen LogP contribution in [0, 0.1) is 25.5 Å². The highest BCUT2D eigenvalue weighted by atomic mass is 35.5. The molecule has 4 aromatic rings. The minimum Gasteiger partial charge on any atom is -0.337 e. The molecule has 4 rings (SSSR count). The first-order valence-electron chi connectivity index (χ1n) is 9.53. The Morgan fingerprint density at radius 3 is 2.68 bits per heavy atom. The summed E-state index contributed by atoms with van der Waals surface area (Å²) in [6.45, 7) is 5.07. The third-order valence-corrected chi connectivity index (χ3v) is 6.04. The van der Waals surface area contributed by atoms with Crippen molar-refractivity contribution >= 4 is 45.0 Å². The number of aryl methyl sites for hydroxylation is 3. The Balaban J connectivity index is 0.00000272. The molecule has 0 aliphatic rings. The van der Waals surface area contributed by atoms with Crippen LogP contribution in [-0.4, -0.2) is 27.0 Å². The van der Waals surface area contributed by atoms with E-state index in [4.69, 9.17) is 0 Å². The van der Waals surface area contributed by atoms with Crippen LogP contribution in [-0.2, 0) is 6.54 Å². The lowest BCUT2D eigenvalue weighted by Crippen LogP contribution is -2.32. The van der Waals surface area contributed by atoms with Crippen LogP contribution in [0.3, 0.4) is 0 Å². The molecule has 0 N–H and O–H groups in total. The van der Waals surface area contributed by atoms with Crippen LogP contribution >= 0.6 is 23.7 Å². The highest BCUT2D eigenvalue weighted by Gasteiger charge is 2.22. The van der Waals surface area contributed by atoms with Crippen molar-refractivity contribution in [2.24, 2.45) is 0 Å². The molecule has 31 heavy (non-hydrogen) atoms. The zero-order valence-corrected chi connectivity index (χ0v) is 18.6. The predicted octanol–water partition coefficient (Wildman–Crippen LogP) is 5.55. The van der Waals surface area contributed by atoms with E-state index < -0.39 is 17.5 Å². The number of aromatic nitrogens is 3. The lowest BCUT2D eigenvalue weighted by Gasteiger charge is -2.20. The van der Waals surface area contributed by atoms with Crippen LogP contribution in [0.2, 0.25) is 0 Å². The number of anilines is 1. The molecule has 9 heteroatoms. The van der Waals surface area contributed by atoms with Crippen molar-refractivity contribution < 1.29 is 13.6 Å². The van der Waals surface area contributed by atoms with Crippen LogP contribution in [0.5, 0.6) is 0 Å². The molecule has 0 aliphatic carbocycles. The second-order valence-corrected chi connectivity index (χ2v) is 8.14. The van der Waals surface area contributed by atoms with Crippen LogP contribution in [0.4, 0.5) is 13.9 Å². The summed E-state index contributed by atoms with van der Waals surface area (Å²) in [6.07, 6.45) is 5.92. The molecule has 0 radical (unpaired) electrons. The Morgan fingerprint density at radius 1 is 1.16 bits per heavy atom. The van der Waals surface area contributed by atoms with Crippen molar-refractivity contribution in [3.8, 4) is 0 Å². The van der Waals surface area contributed by atoms with E-state index in [0.29, 0.717) is 24.6 Å². The lowest BCUT2D eigenvalue weighted by molar-refractivity contribution is 0.0985. The zero-order chi connectivity index (χ0) is 21.3. The summed E-state index contributed by atoms with van der Waals surface area (Å²) in [5.74, 6) is -2.44. The fourth-order valence-corrected chi connectivity index (χ4v) is 4.42. The fraction of sp³-hybridized carbons (Fsp3) is 0.227. The van der Waals surface area contributed by atoms with E-state index in [2.05, 4.69) is 16.0 Å². The average Bonchev–Trinajstić information content (AvgIpc) is 3.36. The van der Waals surface area contributed by atoms with E-state index in [9.17, 15) is 13.6 Å². The number of hydrogen-bond acceptors (Lipinski definition) is 4. The first-order chi connectivity index (χ1) is 14.4. The summed E-state index contributed by atoms with van der Waals surface area (Å²) in [4.78, 5) is 23.5. The molecule has 162 valence electrons. The molecule has 2 aromatic carbocycles. The minimum atomic E-state index is -1.05. The number of fused-ring (bicyclic) bond motifs is 1. The van der Waals surface area contributed by atoms with Gasteiger partial charge in [-0.05, 0) is 55.7 Å². The number of hydrogen-bond donors (Lipinski definition) is 0. The van der Waals surface area contributed by atoms with Gasteiger partial charge >= 0.3 is 0 Å². The topological polar surface area (TPSA) is 51.0 Å². The van der Waals surface area contributed by atoms with E-state index in [1.807, 2.05) is 30.7 Å². The quantitative estimate of drug-likeness (QED) is 0.377. The van der Waals surface area contributed by atoms with Crippen molar-refractivity contribution in [2.45, 2.75) is 26.8 Å². The Morgan fingerprint density at radius 2 is 1.97 bits per heavy atom. The Hall–Kier alpha value is -2.84. The van der Waals surface area contributed by atoms with Crippen molar-refractivity contribution in [3.05, 3.63) is 77.4 Å². The molecule has 0 atom stereocenters. The number of halogens is 3. The standard InChI is InChI=1S/C22H20F2N4OS.ClH/c1-14-10-15(2)20-19(11-14)26-22(30-20)28(8-3-7-27-9-6-25-13-27)21(29)16-4-5-17(23)18(24)12-16;/h4-6,9-13H,3,7-8H2,1-2H3;1H. The zero-order valence-electron chi connectivity index (χ0n) is 17.0. The maximum Gasteiger partial charge on any atom is 0.260 e. The number of carbonyl (C=O) groups excluding carboxylic acids is 1. The van der Waals surface area contributed by atoms with Gasteiger partial charge in [-0.15, -0.1) is 12.4 Å². The Kier molecular flexibility index (Phi) is 7.02. The molecular weight excluding hydrogens is 442 g/mol. The molecular formula is C22H21ClF2N4OS. The number of rotatable bonds is 6. The molecule has 0 saturated heterocycles. The third kappa shape index (κ3) is 4.91. The number of thiazole rings is 1. The molecule has 2 aromatic heterocycles. The molecule has 0 fully saturated rings. The maximum absolute atomic E-state index is 13.7. The first kappa shape index (κ1) is 22.8. The maximum atomic E-state index is 13.7. The Labute approximate surface area is 188 Å². The SMILES string of the molecule is Cc1cc(C)c2sc(N(CCCn3ccnc3)C(=O)c3ccc(F)c(F)c3)nc2c1.Cl. The van der Waals surface area contributed by atoms with Crippen molar-refractivity contribution in [1.82, 2.24) is 14.5 Å². The Bertz CT molecular complexity index is 1210. The second-order valence-electron chi connectivity index (χ2n) is 7.17. The number of nitrogens with zero attached hydrogens (tertiary/aromatic N) is 4. The number of amides is 1. The summed E-state index contributed by atoms with van der Waals surface area (Å²) in [7, 11) is 0. The van der Waals surface area contributed by atoms with Gasteiger partial charge in [0.05, 0.1) is 16.5 Å². The van der Waals surface area contributed by atoms with Gasteiger partial charge in [-0.3, -0.25) is 9.69 Å². The summed E-state index contributed by atoms with van der Waals surface area (Å²) >= 11 is 1.43. The van der Waals surface area contributed by atoms with Gasteiger partial charge in [-0.2, -0.15) is 0 Å². The monoisotopic (exact) mass is 462 g/mol. The van der Waals surface area contributed by atoms with Gasteiger partial charge in [0, 0.05) is 31.0 Å². The summed E-state index contributed by atoms with van der Waals surface area (Å²) < 4.78 is 30.0. The van der Waals surface area contributed by atoms with E-state index in [1.165, 1.54) is 17.4 Å². The minimum absolute atomic E-state index is 0. The molecule has 0 saturated carbocycles. The number of carbonyl (C=O) groups is 1. The fourth-order valence-electron chi connectivity index (χ4n) is 3.38. The number of benzene rings is 2.